The number of benzene rings is 2. The Kier molecular flexibility index (Phi) is 4.20. The molecule has 2 N–H and O–H groups in total. The average molecular weight is 338 g/mol. The number of rotatable bonds is 3. The monoisotopic (exact) mass is 338 g/mol. The standard InChI is InChI=1S/C13H12BIO2/c15-9-10-1-3-11(4-2-10)12-5-7-13(8-6-12)14(16)17/h1-8,16-17H,9H2. The molecule has 0 unspecified atom stereocenters. The summed E-state index contributed by atoms with van der Waals surface area (Å²) < 4.78 is 1.01. The SMILES string of the molecule is OB(O)c1ccc(-c2ccc(CI)cc2)cc1. The van der Waals surface area contributed by atoms with Gasteiger partial charge in [-0.15, -0.1) is 0 Å². The van der Waals surface area contributed by atoms with Crippen molar-refractivity contribution in [2.24, 2.45) is 0 Å². The summed E-state index contributed by atoms with van der Waals surface area (Å²) in [5.74, 6) is 0. The zero-order chi connectivity index (χ0) is 12.3. The molecule has 0 spiro atoms. The highest BCUT2D eigenvalue weighted by Crippen LogP contribution is 2.19. The Morgan fingerprint density at radius 3 is 1.71 bits per heavy atom. The third-order valence-corrected chi connectivity index (χ3v) is 3.53. The van der Waals surface area contributed by atoms with E-state index in [9.17, 15) is 0 Å². The van der Waals surface area contributed by atoms with Crippen LogP contribution in [-0.4, -0.2) is 17.2 Å². The molecule has 0 radical (unpaired) electrons. The molecule has 0 heterocycles. The fourth-order valence-corrected chi connectivity index (χ4v) is 2.14. The van der Waals surface area contributed by atoms with Gasteiger partial charge in [-0.2, -0.15) is 0 Å². The third-order valence-electron chi connectivity index (χ3n) is 2.65. The fraction of sp³-hybridized carbons (Fsp3) is 0.0769. The van der Waals surface area contributed by atoms with Crippen LogP contribution in [0.1, 0.15) is 5.56 Å². The Hall–Kier alpha value is -0.845. The maximum atomic E-state index is 9.01. The fourth-order valence-electron chi connectivity index (χ4n) is 1.63. The second-order valence-electron chi connectivity index (χ2n) is 3.83. The molecule has 0 aliphatic carbocycles. The molecule has 2 aromatic rings. The summed E-state index contributed by atoms with van der Waals surface area (Å²) in [5.41, 5.74) is 4.03. The number of alkyl halides is 1. The van der Waals surface area contributed by atoms with Crippen molar-refractivity contribution in [1.29, 1.82) is 0 Å². The van der Waals surface area contributed by atoms with Crippen molar-refractivity contribution in [1.82, 2.24) is 0 Å². The highest BCUT2D eigenvalue weighted by atomic mass is 127. The summed E-state index contributed by atoms with van der Waals surface area (Å²) in [7, 11) is -1.40. The molecule has 86 valence electrons. The minimum Gasteiger partial charge on any atom is -0.423 e. The quantitative estimate of drug-likeness (QED) is 0.511. The van der Waals surface area contributed by atoms with E-state index in [1.165, 1.54) is 5.56 Å². The molecule has 17 heavy (non-hydrogen) atoms. The molecular weight excluding hydrogens is 326 g/mol. The van der Waals surface area contributed by atoms with E-state index < -0.39 is 7.12 Å². The summed E-state index contributed by atoms with van der Waals surface area (Å²) in [5, 5.41) is 18.0. The van der Waals surface area contributed by atoms with Crippen molar-refractivity contribution in [3.8, 4) is 11.1 Å². The molecular formula is C13H12BIO2. The van der Waals surface area contributed by atoms with Gasteiger partial charge < -0.3 is 10.0 Å². The van der Waals surface area contributed by atoms with Gasteiger partial charge in [0.15, 0.2) is 0 Å². The smallest absolute Gasteiger partial charge is 0.423 e. The molecule has 2 aromatic carbocycles. The molecule has 0 amide bonds. The Balaban J connectivity index is 2.26. The van der Waals surface area contributed by atoms with Gasteiger partial charge in [0.25, 0.3) is 0 Å². The van der Waals surface area contributed by atoms with Gasteiger partial charge in [0.1, 0.15) is 0 Å². The van der Waals surface area contributed by atoms with Crippen LogP contribution in [0.3, 0.4) is 0 Å². The van der Waals surface area contributed by atoms with E-state index in [-0.39, 0.29) is 0 Å². The van der Waals surface area contributed by atoms with Crippen molar-refractivity contribution in [2.75, 3.05) is 0 Å². The van der Waals surface area contributed by atoms with Crippen LogP contribution >= 0.6 is 22.6 Å². The van der Waals surface area contributed by atoms with Crippen LogP contribution < -0.4 is 5.46 Å². The number of hydrogen-bond acceptors (Lipinski definition) is 2. The molecule has 0 saturated carbocycles. The van der Waals surface area contributed by atoms with Crippen LogP contribution in [0.2, 0.25) is 0 Å². The van der Waals surface area contributed by atoms with Crippen molar-refractivity contribution >= 4 is 35.2 Å². The Morgan fingerprint density at radius 2 is 1.29 bits per heavy atom. The van der Waals surface area contributed by atoms with E-state index in [4.69, 9.17) is 10.0 Å². The van der Waals surface area contributed by atoms with Crippen LogP contribution in [0, 0.1) is 0 Å². The van der Waals surface area contributed by atoms with Crippen LogP contribution in [-0.2, 0) is 4.43 Å². The van der Waals surface area contributed by atoms with Crippen molar-refractivity contribution in [3.63, 3.8) is 0 Å². The molecule has 0 aliphatic heterocycles. The van der Waals surface area contributed by atoms with Crippen LogP contribution in [0.4, 0.5) is 0 Å². The zero-order valence-electron chi connectivity index (χ0n) is 9.18. The second kappa shape index (κ2) is 5.66. The molecule has 0 fully saturated rings. The maximum absolute atomic E-state index is 9.01. The molecule has 0 atom stereocenters. The van der Waals surface area contributed by atoms with E-state index in [2.05, 4.69) is 46.9 Å². The largest absolute Gasteiger partial charge is 0.488 e. The predicted molar refractivity (Wildman–Crippen MR) is 79.4 cm³/mol. The van der Waals surface area contributed by atoms with Gasteiger partial charge >= 0.3 is 7.12 Å². The Morgan fingerprint density at radius 1 is 0.824 bits per heavy atom. The maximum Gasteiger partial charge on any atom is 0.488 e. The number of hydrogen-bond donors (Lipinski definition) is 2. The molecule has 2 rings (SSSR count). The first-order valence-electron chi connectivity index (χ1n) is 5.32. The lowest BCUT2D eigenvalue weighted by molar-refractivity contribution is 0.426. The summed E-state index contributed by atoms with van der Waals surface area (Å²) in [4.78, 5) is 0. The molecule has 0 aromatic heterocycles. The normalized spacial score (nSPS) is 10.3. The summed E-state index contributed by atoms with van der Waals surface area (Å²) >= 11 is 2.34. The van der Waals surface area contributed by atoms with Gasteiger partial charge in [-0.25, -0.2) is 0 Å². The van der Waals surface area contributed by atoms with Crippen molar-refractivity contribution in [2.45, 2.75) is 4.43 Å². The van der Waals surface area contributed by atoms with E-state index in [0.717, 1.165) is 15.6 Å². The molecule has 4 heteroatoms. The predicted octanol–water partition coefficient (Wildman–Crippen LogP) is 1.97. The summed E-state index contributed by atoms with van der Waals surface area (Å²) in [6.07, 6.45) is 0. The number of halogens is 1. The van der Waals surface area contributed by atoms with Crippen LogP contribution in [0.25, 0.3) is 11.1 Å². The van der Waals surface area contributed by atoms with Crippen molar-refractivity contribution in [3.05, 3.63) is 54.1 Å². The lowest BCUT2D eigenvalue weighted by Gasteiger charge is -2.04. The highest BCUT2D eigenvalue weighted by Gasteiger charge is 2.09. The lowest BCUT2D eigenvalue weighted by Crippen LogP contribution is -2.29. The summed E-state index contributed by atoms with van der Waals surface area (Å²) in [6.45, 7) is 0. The minimum atomic E-state index is -1.40. The third kappa shape index (κ3) is 3.09. The minimum absolute atomic E-state index is 0.512. The van der Waals surface area contributed by atoms with Gasteiger partial charge in [0.2, 0.25) is 0 Å². The van der Waals surface area contributed by atoms with Gasteiger partial charge in [0.05, 0.1) is 0 Å². The first-order valence-corrected chi connectivity index (χ1v) is 6.84. The van der Waals surface area contributed by atoms with Crippen molar-refractivity contribution < 1.29 is 10.0 Å². The van der Waals surface area contributed by atoms with Gasteiger partial charge in [-0.1, -0.05) is 71.1 Å². The lowest BCUT2D eigenvalue weighted by atomic mass is 9.80. The topological polar surface area (TPSA) is 40.5 Å². The van der Waals surface area contributed by atoms with Crippen LogP contribution in [0.5, 0.6) is 0 Å². The van der Waals surface area contributed by atoms with Gasteiger partial charge in [0, 0.05) is 4.43 Å². The first kappa shape index (κ1) is 12.6. The zero-order valence-corrected chi connectivity index (χ0v) is 11.3. The molecule has 0 bridgehead atoms. The van der Waals surface area contributed by atoms with Gasteiger partial charge in [-0.05, 0) is 22.2 Å². The Bertz CT molecular complexity index is 480. The first-order chi connectivity index (χ1) is 8.20. The highest BCUT2D eigenvalue weighted by molar-refractivity contribution is 14.1. The van der Waals surface area contributed by atoms with E-state index in [1.807, 2.05) is 12.1 Å². The van der Waals surface area contributed by atoms with E-state index in [0.29, 0.717) is 5.46 Å². The summed E-state index contributed by atoms with van der Waals surface area (Å²) in [6, 6.07) is 15.6. The Labute approximate surface area is 115 Å². The van der Waals surface area contributed by atoms with E-state index in [1.54, 1.807) is 12.1 Å². The molecule has 2 nitrogen and oxygen atoms in total. The molecule has 0 aliphatic rings. The van der Waals surface area contributed by atoms with Crippen LogP contribution in [0.15, 0.2) is 48.5 Å². The van der Waals surface area contributed by atoms with Gasteiger partial charge in [-0.3, -0.25) is 0 Å². The average Bonchev–Trinajstić information content (AvgIpc) is 2.39. The molecule has 0 saturated heterocycles. The van der Waals surface area contributed by atoms with E-state index >= 15 is 0 Å². The second-order valence-corrected chi connectivity index (χ2v) is 4.59.